The average molecular weight is 165 g/mol. The van der Waals surface area contributed by atoms with Gasteiger partial charge in [-0.1, -0.05) is 6.07 Å². The summed E-state index contributed by atoms with van der Waals surface area (Å²) in [4.78, 5) is 0. The van der Waals surface area contributed by atoms with Gasteiger partial charge in [0.1, 0.15) is 5.82 Å². The van der Waals surface area contributed by atoms with Crippen LogP contribution in [-0.4, -0.2) is 0 Å². The second kappa shape index (κ2) is 2.56. The highest BCUT2D eigenvalue weighted by atomic mass is 19.1. The summed E-state index contributed by atoms with van der Waals surface area (Å²) >= 11 is 0. The van der Waals surface area contributed by atoms with E-state index in [9.17, 15) is 4.39 Å². The van der Waals surface area contributed by atoms with Crippen molar-refractivity contribution in [3.63, 3.8) is 0 Å². The van der Waals surface area contributed by atoms with Crippen molar-refractivity contribution < 1.29 is 4.39 Å². The minimum absolute atomic E-state index is 0.108. The topological polar surface area (TPSA) is 26.0 Å². The van der Waals surface area contributed by atoms with Crippen LogP contribution in [0, 0.1) is 12.7 Å². The summed E-state index contributed by atoms with van der Waals surface area (Å²) < 4.78 is 13.1. The van der Waals surface area contributed by atoms with Crippen LogP contribution in [0.15, 0.2) is 12.1 Å². The number of benzene rings is 1. The van der Waals surface area contributed by atoms with Crippen molar-refractivity contribution in [3.05, 3.63) is 34.6 Å². The standard InChI is InChI=1S/C10H12FN/c1-6-4-8-7(5-9(6)11)2-3-10(8)12/h4-5,10H,2-3,12H2,1H3/t10-/m0/s1. The van der Waals surface area contributed by atoms with Crippen LogP contribution in [0.25, 0.3) is 0 Å². The van der Waals surface area contributed by atoms with E-state index < -0.39 is 0 Å². The first kappa shape index (κ1) is 7.74. The predicted octanol–water partition coefficient (Wildman–Crippen LogP) is 2.08. The van der Waals surface area contributed by atoms with Gasteiger partial charge in [0.15, 0.2) is 0 Å². The fourth-order valence-electron chi connectivity index (χ4n) is 1.77. The highest BCUT2D eigenvalue weighted by molar-refractivity contribution is 5.38. The van der Waals surface area contributed by atoms with Crippen molar-refractivity contribution in [2.24, 2.45) is 5.73 Å². The van der Waals surface area contributed by atoms with Gasteiger partial charge in [-0.2, -0.15) is 0 Å². The zero-order chi connectivity index (χ0) is 8.72. The smallest absolute Gasteiger partial charge is 0.126 e. The molecule has 2 rings (SSSR count). The third-order valence-corrected chi connectivity index (χ3v) is 2.54. The van der Waals surface area contributed by atoms with Crippen molar-refractivity contribution in [1.82, 2.24) is 0 Å². The molecule has 0 saturated carbocycles. The maximum Gasteiger partial charge on any atom is 0.126 e. The Labute approximate surface area is 71.4 Å². The molecule has 0 aromatic heterocycles. The lowest BCUT2D eigenvalue weighted by molar-refractivity contribution is 0.616. The van der Waals surface area contributed by atoms with E-state index in [-0.39, 0.29) is 11.9 Å². The Balaban J connectivity index is 2.56. The van der Waals surface area contributed by atoms with Gasteiger partial charge >= 0.3 is 0 Å². The number of hydrogen-bond acceptors (Lipinski definition) is 1. The van der Waals surface area contributed by atoms with Crippen molar-refractivity contribution in [1.29, 1.82) is 0 Å². The van der Waals surface area contributed by atoms with Crippen molar-refractivity contribution in [3.8, 4) is 0 Å². The van der Waals surface area contributed by atoms with E-state index in [1.807, 2.05) is 6.07 Å². The monoisotopic (exact) mass is 165 g/mol. The third kappa shape index (κ3) is 1.03. The van der Waals surface area contributed by atoms with E-state index in [1.165, 1.54) is 0 Å². The predicted molar refractivity (Wildman–Crippen MR) is 46.4 cm³/mol. The van der Waals surface area contributed by atoms with Crippen molar-refractivity contribution in [2.75, 3.05) is 0 Å². The SMILES string of the molecule is Cc1cc2c(cc1F)CC[C@@H]2N. The summed E-state index contributed by atoms with van der Waals surface area (Å²) in [5.41, 5.74) is 8.76. The lowest BCUT2D eigenvalue weighted by atomic mass is 10.1. The van der Waals surface area contributed by atoms with E-state index in [4.69, 9.17) is 5.73 Å². The summed E-state index contributed by atoms with van der Waals surface area (Å²) in [5.74, 6) is -0.108. The largest absolute Gasteiger partial charge is 0.324 e. The Bertz CT molecular complexity index is 320. The van der Waals surface area contributed by atoms with Crippen LogP contribution in [-0.2, 0) is 6.42 Å². The maximum atomic E-state index is 13.1. The maximum absolute atomic E-state index is 13.1. The van der Waals surface area contributed by atoms with Gasteiger partial charge in [-0.3, -0.25) is 0 Å². The molecule has 64 valence electrons. The Morgan fingerprint density at radius 3 is 3.00 bits per heavy atom. The van der Waals surface area contributed by atoms with Crippen molar-refractivity contribution >= 4 is 0 Å². The fourth-order valence-corrected chi connectivity index (χ4v) is 1.77. The van der Waals surface area contributed by atoms with Gasteiger partial charge in [0.05, 0.1) is 0 Å². The van der Waals surface area contributed by atoms with Gasteiger partial charge in [-0.25, -0.2) is 4.39 Å². The molecule has 1 aliphatic rings. The van der Waals surface area contributed by atoms with E-state index in [0.717, 1.165) is 24.0 Å². The summed E-state index contributed by atoms with van der Waals surface area (Å²) in [5, 5.41) is 0. The van der Waals surface area contributed by atoms with Crippen LogP contribution in [0.3, 0.4) is 0 Å². The molecule has 0 aliphatic heterocycles. The summed E-state index contributed by atoms with van der Waals surface area (Å²) in [7, 11) is 0. The van der Waals surface area contributed by atoms with Gasteiger partial charge in [0.2, 0.25) is 0 Å². The molecule has 12 heavy (non-hydrogen) atoms. The van der Waals surface area contributed by atoms with Gasteiger partial charge in [-0.15, -0.1) is 0 Å². The van der Waals surface area contributed by atoms with Gasteiger partial charge in [0, 0.05) is 6.04 Å². The van der Waals surface area contributed by atoms with Crippen LogP contribution in [0.5, 0.6) is 0 Å². The summed E-state index contributed by atoms with van der Waals surface area (Å²) in [6.07, 6.45) is 1.88. The van der Waals surface area contributed by atoms with Crippen LogP contribution < -0.4 is 5.73 Å². The molecule has 0 spiro atoms. The molecule has 1 aliphatic carbocycles. The molecular formula is C10H12FN. The summed E-state index contributed by atoms with van der Waals surface area (Å²) in [6, 6.07) is 3.62. The number of fused-ring (bicyclic) bond motifs is 1. The molecule has 0 saturated heterocycles. The third-order valence-electron chi connectivity index (χ3n) is 2.54. The molecule has 0 radical (unpaired) electrons. The normalized spacial score (nSPS) is 21.1. The Morgan fingerprint density at radius 1 is 1.50 bits per heavy atom. The molecule has 1 aromatic rings. The van der Waals surface area contributed by atoms with E-state index in [0.29, 0.717) is 5.56 Å². The molecule has 0 amide bonds. The zero-order valence-corrected chi connectivity index (χ0v) is 7.10. The number of halogens is 1. The zero-order valence-electron chi connectivity index (χ0n) is 7.10. The van der Waals surface area contributed by atoms with Gasteiger partial charge < -0.3 is 5.73 Å². The van der Waals surface area contributed by atoms with Crippen LogP contribution in [0.4, 0.5) is 4.39 Å². The van der Waals surface area contributed by atoms with Gasteiger partial charge in [0.25, 0.3) is 0 Å². The van der Waals surface area contributed by atoms with Gasteiger partial charge in [-0.05, 0) is 42.5 Å². The van der Waals surface area contributed by atoms with E-state index in [2.05, 4.69) is 0 Å². The second-order valence-electron chi connectivity index (χ2n) is 3.45. The first-order valence-electron chi connectivity index (χ1n) is 4.23. The highest BCUT2D eigenvalue weighted by Gasteiger charge is 2.19. The second-order valence-corrected chi connectivity index (χ2v) is 3.45. The number of nitrogens with two attached hydrogens (primary N) is 1. The molecule has 0 bridgehead atoms. The molecular weight excluding hydrogens is 153 g/mol. The van der Waals surface area contributed by atoms with E-state index in [1.54, 1.807) is 13.0 Å². The minimum atomic E-state index is -0.108. The molecule has 0 fully saturated rings. The van der Waals surface area contributed by atoms with E-state index >= 15 is 0 Å². The van der Waals surface area contributed by atoms with Crippen molar-refractivity contribution in [2.45, 2.75) is 25.8 Å². The molecule has 1 aromatic carbocycles. The molecule has 2 N–H and O–H groups in total. The van der Waals surface area contributed by atoms with Crippen LogP contribution >= 0.6 is 0 Å². The highest BCUT2D eigenvalue weighted by Crippen LogP contribution is 2.30. The minimum Gasteiger partial charge on any atom is -0.324 e. The summed E-state index contributed by atoms with van der Waals surface area (Å²) in [6.45, 7) is 1.78. The lowest BCUT2D eigenvalue weighted by Crippen LogP contribution is -2.05. The quantitative estimate of drug-likeness (QED) is 0.625. The molecule has 0 unspecified atom stereocenters. The van der Waals surface area contributed by atoms with Crippen LogP contribution in [0.1, 0.15) is 29.2 Å². The Morgan fingerprint density at radius 2 is 2.25 bits per heavy atom. The van der Waals surface area contributed by atoms with Crippen LogP contribution in [0.2, 0.25) is 0 Å². The molecule has 2 heteroatoms. The Kier molecular flexibility index (Phi) is 1.65. The molecule has 1 atom stereocenters. The molecule has 0 heterocycles. The lowest BCUT2D eigenvalue weighted by Gasteiger charge is -2.05. The molecule has 1 nitrogen and oxygen atoms in total. The first-order chi connectivity index (χ1) is 5.68. The fraction of sp³-hybridized carbons (Fsp3) is 0.400. The number of hydrogen-bond donors (Lipinski definition) is 1. The Hall–Kier alpha value is -0.890. The number of aryl methyl sites for hydroxylation is 2. The number of rotatable bonds is 0. The average Bonchev–Trinajstić information content (AvgIpc) is 2.35. The first-order valence-corrected chi connectivity index (χ1v) is 4.23.